The molecule has 0 aromatic heterocycles. The van der Waals surface area contributed by atoms with Crippen LogP contribution in [0, 0.1) is 17.8 Å². The summed E-state index contributed by atoms with van der Waals surface area (Å²) in [4.78, 5) is 37.8. The summed E-state index contributed by atoms with van der Waals surface area (Å²) < 4.78 is 0. The molecule has 0 spiro atoms. The number of rotatable bonds is 8. The molecule has 2 amide bonds. The molecule has 1 aromatic rings. The molecule has 1 saturated carbocycles. The van der Waals surface area contributed by atoms with Gasteiger partial charge in [0.25, 0.3) is 0 Å². The van der Waals surface area contributed by atoms with Gasteiger partial charge in [-0.3, -0.25) is 14.4 Å². The van der Waals surface area contributed by atoms with Crippen LogP contribution in [0.1, 0.15) is 45.6 Å². The Morgan fingerprint density at radius 1 is 1.07 bits per heavy atom. The van der Waals surface area contributed by atoms with Crippen LogP contribution in [-0.2, 0) is 20.9 Å². The molecule has 0 heterocycles. The highest BCUT2D eigenvalue weighted by Gasteiger charge is 2.41. The predicted molar refractivity (Wildman–Crippen MR) is 105 cm³/mol. The molecule has 1 fully saturated rings. The molecule has 27 heavy (non-hydrogen) atoms. The van der Waals surface area contributed by atoms with Crippen LogP contribution < -0.4 is 16.4 Å². The fourth-order valence-corrected chi connectivity index (χ4v) is 3.61. The van der Waals surface area contributed by atoms with E-state index in [1.165, 1.54) is 0 Å². The Morgan fingerprint density at radius 2 is 1.70 bits per heavy atom. The van der Waals surface area contributed by atoms with E-state index in [4.69, 9.17) is 5.73 Å². The zero-order chi connectivity index (χ0) is 20.0. The minimum Gasteiger partial charge on any atom is -0.352 e. The molecule has 1 aliphatic carbocycles. The monoisotopic (exact) mass is 373 g/mol. The van der Waals surface area contributed by atoms with Crippen molar-refractivity contribution in [2.24, 2.45) is 23.5 Å². The molecule has 6 heteroatoms. The van der Waals surface area contributed by atoms with Crippen LogP contribution in [0.4, 0.5) is 0 Å². The van der Waals surface area contributed by atoms with Gasteiger partial charge in [-0.2, -0.15) is 0 Å². The quantitative estimate of drug-likeness (QED) is 0.646. The zero-order valence-electron chi connectivity index (χ0n) is 16.4. The number of carbonyl (C=O) groups is 3. The van der Waals surface area contributed by atoms with Gasteiger partial charge in [0.2, 0.25) is 11.8 Å². The summed E-state index contributed by atoms with van der Waals surface area (Å²) in [6.45, 7) is 5.83. The van der Waals surface area contributed by atoms with E-state index >= 15 is 0 Å². The van der Waals surface area contributed by atoms with E-state index in [1.54, 1.807) is 6.92 Å². The van der Waals surface area contributed by atoms with Crippen LogP contribution in [0.15, 0.2) is 30.3 Å². The summed E-state index contributed by atoms with van der Waals surface area (Å²) in [5, 5.41) is 5.72. The van der Waals surface area contributed by atoms with E-state index in [0.29, 0.717) is 19.4 Å². The Kier molecular flexibility index (Phi) is 7.54. The summed E-state index contributed by atoms with van der Waals surface area (Å²) >= 11 is 0. The summed E-state index contributed by atoms with van der Waals surface area (Å²) in [7, 11) is 0. The zero-order valence-corrected chi connectivity index (χ0v) is 16.4. The van der Waals surface area contributed by atoms with Crippen LogP contribution in [0.25, 0.3) is 0 Å². The highest BCUT2D eigenvalue weighted by molar-refractivity contribution is 5.95. The molecule has 4 atom stereocenters. The van der Waals surface area contributed by atoms with E-state index in [1.807, 2.05) is 44.2 Å². The van der Waals surface area contributed by atoms with Gasteiger partial charge in [0.1, 0.15) is 0 Å². The number of carbonyl (C=O) groups excluding carboxylic acids is 3. The summed E-state index contributed by atoms with van der Waals surface area (Å²) in [6.07, 6.45) is 2.22. The minimum atomic E-state index is -0.674. The number of hydrogen-bond acceptors (Lipinski definition) is 4. The van der Waals surface area contributed by atoms with Crippen molar-refractivity contribution in [1.82, 2.24) is 10.6 Å². The topological polar surface area (TPSA) is 101 Å². The first-order valence-corrected chi connectivity index (χ1v) is 9.72. The van der Waals surface area contributed by atoms with Crippen molar-refractivity contribution in [2.75, 3.05) is 0 Å². The average Bonchev–Trinajstić information content (AvgIpc) is 3.13. The van der Waals surface area contributed by atoms with Crippen LogP contribution in [0.3, 0.4) is 0 Å². The summed E-state index contributed by atoms with van der Waals surface area (Å²) in [5.74, 6) is -1.25. The maximum absolute atomic E-state index is 13.1. The van der Waals surface area contributed by atoms with Gasteiger partial charge in [0.05, 0.1) is 12.1 Å². The molecular weight excluding hydrogens is 342 g/mol. The van der Waals surface area contributed by atoms with Crippen LogP contribution >= 0.6 is 0 Å². The summed E-state index contributed by atoms with van der Waals surface area (Å²) in [5.41, 5.74) is 6.64. The number of ketones is 1. The molecule has 1 aliphatic rings. The van der Waals surface area contributed by atoms with Crippen molar-refractivity contribution < 1.29 is 14.4 Å². The third-order valence-corrected chi connectivity index (χ3v) is 5.21. The fourth-order valence-electron chi connectivity index (χ4n) is 3.61. The third kappa shape index (κ3) is 5.63. The largest absolute Gasteiger partial charge is 0.352 e. The molecule has 4 N–H and O–H groups in total. The van der Waals surface area contributed by atoms with Crippen molar-refractivity contribution in [2.45, 2.75) is 58.7 Å². The molecule has 0 radical (unpaired) electrons. The molecule has 2 rings (SSSR count). The number of nitrogens with two attached hydrogens (primary N) is 1. The first-order chi connectivity index (χ1) is 12.8. The van der Waals surface area contributed by atoms with Gasteiger partial charge in [0.15, 0.2) is 5.78 Å². The normalized spacial score (nSPS) is 21.5. The standard InChI is InChI=1S/C21H31N3O3/c1-13(2)18(24-20(26)14(3)22)19(25)16-10-7-11-17(16)21(27)23-12-15-8-5-4-6-9-15/h4-6,8-9,13-14,16-18H,7,10-12,22H2,1-3H3,(H,23,27)(H,24,26)/t14-,16?,17?,18?/m0/s1. The molecule has 0 bridgehead atoms. The van der Waals surface area contributed by atoms with E-state index in [9.17, 15) is 14.4 Å². The Labute approximate surface area is 161 Å². The molecule has 6 nitrogen and oxygen atoms in total. The lowest BCUT2D eigenvalue weighted by Gasteiger charge is -2.27. The van der Waals surface area contributed by atoms with Gasteiger partial charge in [-0.25, -0.2) is 0 Å². The second kappa shape index (κ2) is 9.65. The van der Waals surface area contributed by atoms with Crippen LogP contribution in [0.5, 0.6) is 0 Å². The minimum absolute atomic E-state index is 0.0589. The van der Waals surface area contributed by atoms with Gasteiger partial charge < -0.3 is 16.4 Å². The van der Waals surface area contributed by atoms with Crippen molar-refractivity contribution in [3.8, 4) is 0 Å². The second-order valence-corrected chi connectivity index (χ2v) is 7.77. The van der Waals surface area contributed by atoms with Gasteiger partial charge >= 0.3 is 0 Å². The fraction of sp³-hybridized carbons (Fsp3) is 0.571. The number of Topliss-reactive ketones (excluding diaryl/α,β-unsaturated/α-hetero) is 1. The molecule has 148 valence electrons. The van der Waals surface area contributed by atoms with Crippen LogP contribution in [0.2, 0.25) is 0 Å². The maximum Gasteiger partial charge on any atom is 0.237 e. The molecular formula is C21H31N3O3. The first-order valence-electron chi connectivity index (χ1n) is 9.72. The average molecular weight is 373 g/mol. The van der Waals surface area contributed by atoms with Gasteiger partial charge in [-0.15, -0.1) is 0 Å². The van der Waals surface area contributed by atoms with Crippen molar-refractivity contribution in [3.63, 3.8) is 0 Å². The van der Waals surface area contributed by atoms with Gasteiger partial charge in [0, 0.05) is 18.4 Å². The smallest absolute Gasteiger partial charge is 0.237 e. The van der Waals surface area contributed by atoms with E-state index in [2.05, 4.69) is 10.6 Å². The van der Waals surface area contributed by atoms with E-state index in [0.717, 1.165) is 12.0 Å². The molecule has 0 aliphatic heterocycles. The molecule has 1 aromatic carbocycles. The van der Waals surface area contributed by atoms with Gasteiger partial charge in [-0.05, 0) is 31.2 Å². The molecule has 0 saturated heterocycles. The summed E-state index contributed by atoms with van der Waals surface area (Å²) in [6, 6.07) is 8.41. The first kappa shape index (κ1) is 21.1. The lowest BCUT2D eigenvalue weighted by Crippen LogP contribution is -2.52. The maximum atomic E-state index is 13.1. The van der Waals surface area contributed by atoms with E-state index in [-0.39, 0.29) is 35.4 Å². The highest BCUT2D eigenvalue weighted by Crippen LogP contribution is 2.34. The predicted octanol–water partition coefficient (Wildman–Crippen LogP) is 1.78. The van der Waals surface area contributed by atoms with Crippen molar-refractivity contribution >= 4 is 17.6 Å². The lowest BCUT2D eigenvalue weighted by atomic mass is 9.84. The van der Waals surface area contributed by atoms with Gasteiger partial charge in [-0.1, -0.05) is 50.6 Å². The SMILES string of the molecule is CC(C)C(NC(=O)[C@H](C)N)C(=O)C1CCCC1C(=O)NCc1ccccc1. The number of amides is 2. The second-order valence-electron chi connectivity index (χ2n) is 7.77. The Balaban J connectivity index is 2.02. The number of nitrogens with one attached hydrogen (secondary N) is 2. The van der Waals surface area contributed by atoms with Crippen molar-refractivity contribution in [1.29, 1.82) is 0 Å². The van der Waals surface area contributed by atoms with E-state index < -0.39 is 12.1 Å². The Morgan fingerprint density at radius 3 is 2.30 bits per heavy atom. The number of benzene rings is 1. The number of hydrogen-bond donors (Lipinski definition) is 3. The van der Waals surface area contributed by atoms with Crippen molar-refractivity contribution in [3.05, 3.63) is 35.9 Å². The lowest BCUT2D eigenvalue weighted by molar-refractivity contribution is -0.136. The molecule has 3 unspecified atom stereocenters. The third-order valence-electron chi connectivity index (χ3n) is 5.21. The highest BCUT2D eigenvalue weighted by atomic mass is 16.2. The Hall–Kier alpha value is -2.21. The Bertz CT molecular complexity index is 658. The van der Waals surface area contributed by atoms with Crippen LogP contribution in [-0.4, -0.2) is 29.7 Å².